The van der Waals surface area contributed by atoms with Crippen LogP contribution in [0, 0.1) is 0 Å². The van der Waals surface area contributed by atoms with Crippen molar-refractivity contribution < 1.29 is 14.3 Å². The van der Waals surface area contributed by atoms with Gasteiger partial charge in [-0.25, -0.2) is 0 Å². The first-order valence-corrected chi connectivity index (χ1v) is 6.29. The molecule has 5 nitrogen and oxygen atoms in total. The number of aliphatic hydroxyl groups excluding tert-OH is 1. The molecule has 0 aliphatic rings. The van der Waals surface area contributed by atoms with Gasteiger partial charge >= 0.3 is 0 Å². The van der Waals surface area contributed by atoms with Gasteiger partial charge < -0.3 is 14.3 Å². The number of rotatable bonds is 6. The first kappa shape index (κ1) is 13.5. The van der Waals surface area contributed by atoms with Crippen molar-refractivity contribution in [1.29, 1.82) is 0 Å². The molecule has 0 radical (unpaired) electrons. The molecule has 19 heavy (non-hydrogen) atoms. The zero-order chi connectivity index (χ0) is 13.7. The highest BCUT2D eigenvalue weighted by Gasteiger charge is 2.14. The van der Waals surface area contributed by atoms with E-state index in [1.165, 1.54) is 5.56 Å². The summed E-state index contributed by atoms with van der Waals surface area (Å²) in [6, 6.07) is 7.93. The minimum atomic E-state index is 0.0223. The summed E-state index contributed by atoms with van der Waals surface area (Å²) in [5, 5.41) is 16.7. The van der Waals surface area contributed by atoms with E-state index in [9.17, 15) is 0 Å². The van der Waals surface area contributed by atoms with Crippen LogP contribution in [-0.2, 0) is 12.8 Å². The van der Waals surface area contributed by atoms with Crippen molar-refractivity contribution in [3.63, 3.8) is 0 Å². The van der Waals surface area contributed by atoms with Crippen LogP contribution in [0.15, 0.2) is 28.7 Å². The zero-order valence-electron chi connectivity index (χ0n) is 11.2. The number of benzene rings is 1. The molecule has 1 N–H and O–H groups in total. The molecule has 0 amide bonds. The van der Waals surface area contributed by atoms with Crippen LogP contribution >= 0.6 is 0 Å². The van der Waals surface area contributed by atoms with E-state index in [4.69, 9.17) is 14.3 Å². The molecule has 0 spiro atoms. The number of aliphatic hydroxyl groups is 1. The first-order chi connectivity index (χ1) is 9.22. The molecular formula is C14H18N2O3. The van der Waals surface area contributed by atoms with Crippen LogP contribution in [0.3, 0.4) is 0 Å². The Morgan fingerprint density at radius 2 is 2.00 bits per heavy atom. The first-order valence-electron chi connectivity index (χ1n) is 6.29. The third kappa shape index (κ3) is 3.54. The molecule has 0 saturated heterocycles. The zero-order valence-corrected chi connectivity index (χ0v) is 11.2. The Bertz CT molecular complexity index is 508. The van der Waals surface area contributed by atoms with Crippen molar-refractivity contribution in [2.45, 2.75) is 25.7 Å². The number of hydrogen-bond acceptors (Lipinski definition) is 5. The second-order valence-corrected chi connectivity index (χ2v) is 4.46. The molecule has 0 bridgehead atoms. The second kappa shape index (κ2) is 6.33. The molecule has 0 fully saturated rings. The Kier molecular flexibility index (Phi) is 4.52. The average molecular weight is 262 g/mol. The van der Waals surface area contributed by atoms with Gasteiger partial charge in [-0.15, -0.1) is 10.2 Å². The quantitative estimate of drug-likeness (QED) is 0.861. The van der Waals surface area contributed by atoms with Crippen LogP contribution in [0.5, 0.6) is 5.75 Å². The lowest BCUT2D eigenvalue weighted by molar-refractivity contribution is 0.282. The van der Waals surface area contributed by atoms with E-state index in [0.29, 0.717) is 18.2 Å². The Balaban J connectivity index is 2.00. The molecule has 2 rings (SSSR count). The lowest BCUT2D eigenvalue weighted by Crippen LogP contribution is -1.99. The Morgan fingerprint density at radius 1 is 1.26 bits per heavy atom. The molecule has 102 valence electrons. The second-order valence-electron chi connectivity index (χ2n) is 4.46. The molecular weight excluding hydrogens is 244 g/mol. The van der Waals surface area contributed by atoms with Crippen LogP contribution < -0.4 is 4.74 Å². The predicted octanol–water partition coefficient (Wildman–Crippen LogP) is 1.96. The fourth-order valence-corrected chi connectivity index (χ4v) is 1.86. The van der Waals surface area contributed by atoms with Gasteiger partial charge in [0.25, 0.3) is 0 Å². The molecule has 1 heterocycles. The maximum atomic E-state index is 8.81. The number of ether oxygens (including phenoxy) is 1. The molecule has 0 aliphatic heterocycles. The van der Waals surface area contributed by atoms with Gasteiger partial charge in [-0.3, -0.25) is 0 Å². The highest BCUT2D eigenvalue weighted by molar-refractivity contribution is 5.27. The fraction of sp³-hybridized carbons (Fsp3) is 0.429. The van der Waals surface area contributed by atoms with E-state index in [2.05, 4.69) is 10.2 Å². The van der Waals surface area contributed by atoms with Gasteiger partial charge in [0.2, 0.25) is 11.8 Å². The Labute approximate surface area is 112 Å². The molecule has 1 atom stereocenters. The summed E-state index contributed by atoms with van der Waals surface area (Å²) >= 11 is 0. The van der Waals surface area contributed by atoms with E-state index < -0.39 is 0 Å². The smallest absolute Gasteiger partial charge is 0.219 e. The lowest BCUT2D eigenvalue weighted by Gasteiger charge is -2.07. The minimum absolute atomic E-state index is 0.0223. The van der Waals surface area contributed by atoms with Crippen LogP contribution in [0.1, 0.15) is 30.2 Å². The normalized spacial score (nSPS) is 12.4. The molecule has 1 aromatic carbocycles. The van der Waals surface area contributed by atoms with E-state index in [1.54, 1.807) is 7.11 Å². The minimum Gasteiger partial charge on any atom is -0.497 e. The third-order valence-electron chi connectivity index (χ3n) is 2.93. The molecule has 0 saturated carbocycles. The van der Waals surface area contributed by atoms with Crippen molar-refractivity contribution in [3.8, 4) is 5.75 Å². The van der Waals surface area contributed by atoms with Crippen LogP contribution in [-0.4, -0.2) is 29.0 Å². The highest BCUT2D eigenvalue weighted by atomic mass is 16.5. The van der Waals surface area contributed by atoms with Gasteiger partial charge in [0.1, 0.15) is 5.75 Å². The summed E-state index contributed by atoms with van der Waals surface area (Å²) in [4.78, 5) is 0. The molecule has 0 aliphatic carbocycles. The van der Waals surface area contributed by atoms with Gasteiger partial charge in [0.15, 0.2) is 0 Å². The van der Waals surface area contributed by atoms with Gasteiger partial charge in [-0.2, -0.15) is 0 Å². The van der Waals surface area contributed by atoms with Crippen molar-refractivity contribution >= 4 is 0 Å². The SMILES string of the molecule is COc1ccc(C[C@H](C)c2nnc(CCO)o2)cc1. The van der Waals surface area contributed by atoms with Crippen molar-refractivity contribution in [2.24, 2.45) is 0 Å². The predicted molar refractivity (Wildman–Crippen MR) is 70.2 cm³/mol. The monoisotopic (exact) mass is 262 g/mol. The van der Waals surface area contributed by atoms with Crippen LogP contribution in [0.2, 0.25) is 0 Å². The standard InChI is InChI=1S/C14H18N2O3/c1-10(14-16-15-13(19-14)7-8-17)9-11-3-5-12(18-2)6-4-11/h3-6,10,17H,7-9H2,1-2H3/t10-/m0/s1. The molecule has 1 aromatic heterocycles. The summed E-state index contributed by atoms with van der Waals surface area (Å²) < 4.78 is 10.6. The van der Waals surface area contributed by atoms with Gasteiger partial charge in [-0.1, -0.05) is 19.1 Å². The number of aromatic nitrogens is 2. The van der Waals surface area contributed by atoms with E-state index in [1.807, 2.05) is 31.2 Å². The van der Waals surface area contributed by atoms with Gasteiger partial charge in [0.05, 0.1) is 13.7 Å². The highest BCUT2D eigenvalue weighted by Crippen LogP contribution is 2.21. The largest absolute Gasteiger partial charge is 0.497 e. The number of nitrogens with zero attached hydrogens (tertiary/aromatic N) is 2. The van der Waals surface area contributed by atoms with Crippen molar-refractivity contribution in [2.75, 3.05) is 13.7 Å². The van der Waals surface area contributed by atoms with Crippen molar-refractivity contribution in [3.05, 3.63) is 41.6 Å². The van der Waals surface area contributed by atoms with E-state index in [-0.39, 0.29) is 12.5 Å². The average Bonchev–Trinajstić information content (AvgIpc) is 2.89. The lowest BCUT2D eigenvalue weighted by atomic mass is 10.0. The molecule has 0 unspecified atom stereocenters. The Hall–Kier alpha value is -1.88. The third-order valence-corrected chi connectivity index (χ3v) is 2.93. The summed E-state index contributed by atoms with van der Waals surface area (Å²) in [5.41, 5.74) is 1.19. The van der Waals surface area contributed by atoms with Crippen LogP contribution in [0.4, 0.5) is 0 Å². The van der Waals surface area contributed by atoms with E-state index >= 15 is 0 Å². The van der Waals surface area contributed by atoms with Crippen LogP contribution in [0.25, 0.3) is 0 Å². The number of hydrogen-bond donors (Lipinski definition) is 1. The molecule has 5 heteroatoms. The summed E-state index contributed by atoms with van der Waals surface area (Å²) in [6.07, 6.45) is 1.23. The summed E-state index contributed by atoms with van der Waals surface area (Å²) in [7, 11) is 1.65. The summed E-state index contributed by atoms with van der Waals surface area (Å²) in [6.45, 7) is 2.06. The molecule has 2 aromatic rings. The van der Waals surface area contributed by atoms with Crippen molar-refractivity contribution in [1.82, 2.24) is 10.2 Å². The van der Waals surface area contributed by atoms with Gasteiger partial charge in [-0.05, 0) is 24.1 Å². The Morgan fingerprint density at radius 3 is 2.63 bits per heavy atom. The fourth-order valence-electron chi connectivity index (χ4n) is 1.86. The number of methoxy groups -OCH3 is 1. The topological polar surface area (TPSA) is 68.4 Å². The summed E-state index contributed by atoms with van der Waals surface area (Å²) in [5.74, 6) is 2.09. The van der Waals surface area contributed by atoms with E-state index in [0.717, 1.165) is 12.2 Å². The maximum absolute atomic E-state index is 8.81. The van der Waals surface area contributed by atoms with Gasteiger partial charge in [0, 0.05) is 12.3 Å². The maximum Gasteiger partial charge on any atom is 0.219 e.